The molecule has 1 aromatic rings. The molecule has 0 aliphatic carbocycles. The van der Waals surface area contributed by atoms with Crippen molar-refractivity contribution < 1.29 is 26.4 Å². The number of hydrogen-bond acceptors (Lipinski definition) is 3. The van der Waals surface area contributed by atoms with Gasteiger partial charge >= 0.3 is 6.18 Å². The number of rotatable bonds is 7. The molecule has 0 radical (unpaired) electrons. The Labute approximate surface area is 133 Å². The third-order valence-electron chi connectivity index (χ3n) is 3.02. The minimum Gasteiger partial charge on any atom is -0.355 e. The first kappa shape index (κ1) is 19.3. The minimum absolute atomic E-state index is 0.341. The molecular weight excluding hydrogens is 333 g/mol. The fraction of sp³-hybridized carbons (Fsp3) is 0.500. The molecule has 130 valence electrons. The topological polar surface area (TPSA) is 66.5 Å². The Morgan fingerprint density at radius 3 is 2.39 bits per heavy atom. The molecule has 0 aromatic heterocycles. The molecule has 5 nitrogen and oxygen atoms in total. The number of nitrogens with one attached hydrogen (secondary N) is 1. The lowest BCUT2D eigenvalue weighted by atomic mass is 10.1. The van der Waals surface area contributed by atoms with Gasteiger partial charge in [-0.15, -0.1) is 0 Å². The van der Waals surface area contributed by atoms with Crippen molar-refractivity contribution in [1.82, 2.24) is 5.32 Å². The average molecular weight is 352 g/mol. The van der Waals surface area contributed by atoms with Gasteiger partial charge in [0.25, 0.3) is 0 Å². The number of amides is 1. The summed E-state index contributed by atoms with van der Waals surface area (Å²) < 4.78 is 63.4. The maximum atomic E-state index is 13.1. The molecule has 23 heavy (non-hydrogen) atoms. The predicted molar refractivity (Wildman–Crippen MR) is 81.6 cm³/mol. The third kappa shape index (κ3) is 5.74. The molecule has 0 saturated heterocycles. The van der Waals surface area contributed by atoms with E-state index in [0.717, 1.165) is 30.9 Å². The van der Waals surface area contributed by atoms with E-state index in [9.17, 15) is 26.4 Å². The highest BCUT2D eigenvalue weighted by molar-refractivity contribution is 7.92. The normalized spacial score (nSPS) is 12.0. The summed E-state index contributed by atoms with van der Waals surface area (Å²) in [6.07, 6.45) is -2.44. The monoisotopic (exact) mass is 352 g/mol. The first-order valence-electron chi connectivity index (χ1n) is 6.98. The lowest BCUT2D eigenvalue weighted by molar-refractivity contribution is -0.137. The summed E-state index contributed by atoms with van der Waals surface area (Å²) in [6, 6.07) is 4.26. The van der Waals surface area contributed by atoms with E-state index in [1.807, 2.05) is 6.92 Å². The van der Waals surface area contributed by atoms with E-state index in [0.29, 0.717) is 17.3 Å². The van der Waals surface area contributed by atoms with E-state index < -0.39 is 39.9 Å². The molecule has 0 atom stereocenters. The van der Waals surface area contributed by atoms with Crippen LogP contribution in [0.1, 0.15) is 25.3 Å². The number of hydrogen-bond donors (Lipinski definition) is 1. The van der Waals surface area contributed by atoms with Gasteiger partial charge in [0.05, 0.1) is 17.5 Å². The van der Waals surface area contributed by atoms with Crippen LogP contribution in [0.15, 0.2) is 24.3 Å². The molecule has 0 saturated carbocycles. The van der Waals surface area contributed by atoms with E-state index in [4.69, 9.17) is 0 Å². The lowest BCUT2D eigenvalue weighted by Crippen LogP contribution is -2.41. The van der Waals surface area contributed by atoms with Crippen LogP contribution in [0.5, 0.6) is 0 Å². The van der Waals surface area contributed by atoms with Crippen molar-refractivity contribution in [3.8, 4) is 0 Å². The van der Waals surface area contributed by atoms with Gasteiger partial charge in [-0.25, -0.2) is 8.42 Å². The number of benzene rings is 1. The second-order valence-electron chi connectivity index (χ2n) is 4.99. The number of sulfonamides is 1. The Bertz CT molecular complexity index is 645. The van der Waals surface area contributed by atoms with Gasteiger partial charge < -0.3 is 5.32 Å². The van der Waals surface area contributed by atoms with Gasteiger partial charge in [-0.05, 0) is 18.6 Å². The highest BCUT2D eigenvalue weighted by Gasteiger charge is 2.36. The number of carbonyl (C=O) groups is 1. The molecule has 1 N–H and O–H groups in total. The summed E-state index contributed by atoms with van der Waals surface area (Å²) >= 11 is 0. The lowest BCUT2D eigenvalue weighted by Gasteiger charge is -2.25. The van der Waals surface area contributed by atoms with Crippen LogP contribution in [0.25, 0.3) is 0 Å². The van der Waals surface area contributed by atoms with Gasteiger partial charge in [0.2, 0.25) is 15.9 Å². The zero-order valence-corrected chi connectivity index (χ0v) is 13.7. The molecule has 1 aromatic carbocycles. The minimum atomic E-state index is -4.72. The van der Waals surface area contributed by atoms with Gasteiger partial charge in [-0.3, -0.25) is 9.10 Å². The fourth-order valence-corrected chi connectivity index (χ4v) is 2.77. The van der Waals surface area contributed by atoms with Crippen LogP contribution in [-0.2, 0) is 21.0 Å². The van der Waals surface area contributed by atoms with E-state index in [-0.39, 0.29) is 0 Å². The Hall–Kier alpha value is -1.77. The van der Waals surface area contributed by atoms with Crippen molar-refractivity contribution in [2.24, 2.45) is 0 Å². The predicted octanol–water partition coefficient (Wildman–Crippen LogP) is 2.39. The van der Waals surface area contributed by atoms with Crippen molar-refractivity contribution >= 4 is 21.6 Å². The molecule has 0 unspecified atom stereocenters. The number of unbranched alkanes of at least 4 members (excludes halogenated alkanes) is 1. The first-order chi connectivity index (χ1) is 10.6. The molecular formula is C14H19F3N2O3S. The Morgan fingerprint density at radius 2 is 1.87 bits per heavy atom. The van der Waals surface area contributed by atoms with E-state index >= 15 is 0 Å². The van der Waals surface area contributed by atoms with Crippen molar-refractivity contribution in [1.29, 1.82) is 0 Å². The summed E-state index contributed by atoms with van der Waals surface area (Å²) in [4.78, 5) is 11.8. The second-order valence-corrected chi connectivity index (χ2v) is 6.89. The number of nitrogens with zero attached hydrogens (tertiary/aromatic N) is 1. The molecule has 1 amide bonds. The molecule has 0 aliphatic rings. The third-order valence-corrected chi connectivity index (χ3v) is 4.14. The zero-order valence-electron chi connectivity index (χ0n) is 12.9. The highest BCUT2D eigenvalue weighted by atomic mass is 32.2. The van der Waals surface area contributed by atoms with Gasteiger partial charge in [-0.2, -0.15) is 13.2 Å². The SMILES string of the molecule is CCCCNC(=O)CN(c1ccccc1C(F)(F)F)S(C)(=O)=O. The highest BCUT2D eigenvalue weighted by Crippen LogP contribution is 2.37. The van der Waals surface area contributed by atoms with Crippen LogP contribution in [0.2, 0.25) is 0 Å². The summed E-state index contributed by atoms with van der Waals surface area (Å²) in [5.41, 5.74) is -1.67. The largest absolute Gasteiger partial charge is 0.418 e. The Balaban J connectivity index is 3.13. The number of alkyl halides is 3. The van der Waals surface area contributed by atoms with Crippen LogP contribution >= 0.6 is 0 Å². The van der Waals surface area contributed by atoms with Gasteiger partial charge in [0.1, 0.15) is 6.54 Å². The fourth-order valence-electron chi connectivity index (χ4n) is 1.90. The molecule has 0 heterocycles. The molecule has 1 rings (SSSR count). The van der Waals surface area contributed by atoms with Gasteiger partial charge in [-0.1, -0.05) is 25.5 Å². The molecule has 0 bridgehead atoms. The quantitative estimate of drug-likeness (QED) is 0.766. The smallest absolute Gasteiger partial charge is 0.355 e. The Morgan fingerprint density at radius 1 is 1.26 bits per heavy atom. The Kier molecular flexibility index (Phi) is 6.43. The van der Waals surface area contributed by atoms with Crippen LogP contribution in [0, 0.1) is 0 Å². The maximum Gasteiger partial charge on any atom is 0.418 e. The molecule has 0 fully saturated rings. The maximum absolute atomic E-state index is 13.1. The van der Waals surface area contributed by atoms with Crippen LogP contribution in [0.4, 0.5) is 18.9 Å². The standard InChI is InChI=1S/C14H19F3N2O3S/c1-3-4-9-18-13(20)10-19(23(2,21)22)12-8-6-5-7-11(12)14(15,16)17/h5-8H,3-4,9-10H2,1-2H3,(H,18,20). The van der Waals surface area contributed by atoms with Crippen LogP contribution in [0.3, 0.4) is 0 Å². The molecule has 0 aliphatic heterocycles. The van der Waals surface area contributed by atoms with Crippen LogP contribution in [-0.4, -0.2) is 33.7 Å². The molecule has 9 heteroatoms. The number of para-hydroxylation sites is 1. The number of anilines is 1. The van der Waals surface area contributed by atoms with Crippen molar-refractivity contribution in [3.63, 3.8) is 0 Å². The van der Waals surface area contributed by atoms with Crippen LogP contribution < -0.4 is 9.62 Å². The van der Waals surface area contributed by atoms with E-state index in [1.54, 1.807) is 0 Å². The van der Waals surface area contributed by atoms with Crippen molar-refractivity contribution in [3.05, 3.63) is 29.8 Å². The summed E-state index contributed by atoms with van der Waals surface area (Å²) in [6.45, 7) is 1.55. The summed E-state index contributed by atoms with van der Waals surface area (Å²) in [5, 5.41) is 2.49. The number of carbonyl (C=O) groups excluding carboxylic acids is 1. The van der Waals surface area contributed by atoms with Gasteiger partial charge in [0.15, 0.2) is 0 Å². The van der Waals surface area contributed by atoms with Gasteiger partial charge in [0, 0.05) is 6.54 Å². The molecule has 0 spiro atoms. The summed E-state index contributed by atoms with van der Waals surface area (Å²) in [5.74, 6) is -0.652. The zero-order chi connectivity index (χ0) is 17.7. The van der Waals surface area contributed by atoms with Crippen molar-refractivity contribution in [2.75, 3.05) is 23.7 Å². The average Bonchev–Trinajstić information content (AvgIpc) is 2.43. The van der Waals surface area contributed by atoms with Crippen molar-refractivity contribution in [2.45, 2.75) is 25.9 Å². The second kappa shape index (κ2) is 7.67. The summed E-state index contributed by atoms with van der Waals surface area (Å²) in [7, 11) is -4.05. The number of halogens is 3. The van der Waals surface area contributed by atoms with E-state index in [1.165, 1.54) is 6.07 Å². The van der Waals surface area contributed by atoms with E-state index in [2.05, 4.69) is 5.32 Å². The first-order valence-corrected chi connectivity index (χ1v) is 8.82.